The molecule has 0 saturated heterocycles. The number of pyridine rings is 1. The Hall–Kier alpha value is -4.31. The second-order valence-electron chi connectivity index (χ2n) is 8.57. The molecule has 1 aliphatic heterocycles. The van der Waals surface area contributed by atoms with Gasteiger partial charge in [0, 0.05) is 48.2 Å². The van der Waals surface area contributed by atoms with Crippen molar-refractivity contribution in [3.63, 3.8) is 0 Å². The molecule has 0 amide bonds. The Labute approximate surface area is 199 Å². The number of hydrogen-bond acceptors (Lipinski definition) is 4. The first-order valence-electron chi connectivity index (χ1n) is 11.6. The first-order chi connectivity index (χ1) is 16.8. The molecule has 164 valence electrons. The summed E-state index contributed by atoms with van der Waals surface area (Å²) in [7, 11) is 0. The highest BCUT2D eigenvalue weighted by atomic mass is 15.2. The van der Waals surface area contributed by atoms with Gasteiger partial charge in [-0.3, -0.25) is 4.98 Å². The lowest BCUT2D eigenvalue weighted by Gasteiger charge is -2.30. The standard InChI is InChI=1S/C30H24N4/c1-3-9-22(10-4-1)26-17-27(20-31-19-26)28-18-29(33-30(32-28)24-12-5-2-6-13-24)34-16-15-23-11-7-8-14-25(23)21-34/h1-14,17-20H,15-16,21H2. The summed E-state index contributed by atoms with van der Waals surface area (Å²) in [5, 5.41) is 0. The molecule has 0 aliphatic carbocycles. The van der Waals surface area contributed by atoms with Gasteiger partial charge in [0.1, 0.15) is 5.82 Å². The Balaban J connectivity index is 1.44. The van der Waals surface area contributed by atoms with E-state index in [0.717, 1.165) is 59.1 Å². The molecule has 0 atom stereocenters. The van der Waals surface area contributed by atoms with Crippen molar-refractivity contribution >= 4 is 5.82 Å². The van der Waals surface area contributed by atoms with Crippen molar-refractivity contribution in [2.45, 2.75) is 13.0 Å². The molecule has 0 unspecified atom stereocenters. The zero-order valence-corrected chi connectivity index (χ0v) is 18.8. The molecule has 0 fully saturated rings. The van der Waals surface area contributed by atoms with E-state index in [4.69, 9.17) is 9.97 Å². The van der Waals surface area contributed by atoms with Crippen molar-refractivity contribution in [1.82, 2.24) is 15.0 Å². The van der Waals surface area contributed by atoms with Crippen LogP contribution in [0.3, 0.4) is 0 Å². The van der Waals surface area contributed by atoms with E-state index in [0.29, 0.717) is 0 Å². The Bertz CT molecular complexity index is 1430. The van der Waals surface area contributed by atoms with Crippen LogP contribution in [0.5, 0.6) is 0 Å². The van der Waals surface area contributed by atoms with Gasteiger partial charge in [-0.15, -0.1) is 0 Å². The molecular formula is C30H24N4. The van der Waals surface area contributed by atoms with Gasteiger partial charge in [-0.1, -0.05) is 84.9 Å². The third-order valence-corrected chi connectivity index (χ3v) is 6.34. The van der Waals surface area contributed by atoms with Gasteiger partial charge in [0.05, 0.1) is 5.69 Å². The fraction of sp³-hybridized carbons (Fsp3) is 0.100. The van der Waals surface area contributed by atoms with Crippen molar-refractivity contribution in [1.29, 1.82) is 0 Å². The molecule has 2 aromatic heterocycles. The number of aromatic nitrogens is 3. The van der Waals surface area contributed by atoms with E-state index in [9.17, 15) is 0 Å². The van der Waals surface area contributed by atoms with Gasteiger partial charge in [0.15, 0.2) is 5.82 Å². The normalized spacial score (nSPS) is 12.9. The molecule has 0 saturated carbocycles. The molecule has 3 heterocycles. The predicted molar refractivity (Wildman–Crippen MR) is 137 cm³/mol. The minimum Gasteiger partial charge on any atom is -0.352 e. The molecule has 0 radical (unpaired) electrons. The molecule has 0 N–H and O–H groups in total. The number of benzene rings is 3. The van der Waals surface area contributed by atoms with Crippen LogP contribution in [0, 0.1) is 0 Å². The Kier molecular flexibility index (Phi) is 5.32. The molecule has 0 spiro atoms. The fourth-order valence-electron chi connectivity index (χ4n) is 4.52. The number of fused-ring (bicyclic) bond motifs is 1. The zero-order chi connectivity index (χ0) is 22.7. The fourth-order valence-corrected chi connectivity index (χ4v) is 4.52. The van der Waals surface area contributed by atoms with Crippen molar-refractivity contribution in [3.05, 3.63) is 121 Å². The topological polar surface area (TPSA) is 41.9 Å². The average Bonchev–Trinajstić information content (AvgIpc) is 2.93. The van der Waals surface area contributed by atoms with E-state index in [1.807, 2.05) is 48.8 Å². The van der Waals surface area contributed by atoms with E-state index in [2.05, 4.69) is 70.5 Å². The summed E-state index contributed by atoms with van der Waals surface area (Å²) in [6.07, 6.45) is 4.81. The van der Waals surface area contributed by atoms with Gasteiger partial charge < -0.3 is 4.90 Å². The van der Waals surface area contributed by atoms with Crippen LogP contribution in [-0.4, -0.2) is 21.5 Å². The SMILES string of the molecule is c1ccc(-c2cncc(-c3cc(N4CCc5ccccc5C4)nc(-c4ccccc4)n3)c2)cc1. The van der Waals surface area contributed by atoms with Crippen molar-refractivity contribution in [2.75, 3.05) is 11.4 Å². The van der Waals surface area contributed by atoms with Crippen LogP contribution in [-0.2, 0) is 13.0 Å². The molecular weight excluding hydrogens is 416 g/mol. The molecule has 0 bridgehead atoms. The Morgan fingerprint density at radius 2 is 1.26 bits per heavy atom. The average molecular weight is 441 g/mol. The zero-order valence-electron chi connectivity index (χ0n) is 18.8. The van der Waals surface area contributed by atoms with Crippen LogP contribution in [0.4, 0.5) is 5.82 Å². The Morgan fingerprint density at radius 3 is 2.06 bits per heavy atom. The van der Waals surface area contributed by atoms with E-state index < -0.39 is 0 Å². The second kappa shape index (κ2) is 8.91. The lowest BCUT2D eigenvalue weighted by Crippen LogP contribution is -2.31. The van der Waals surface area contributed by atoms with E-state index in [1.165, 1.54) is 11.1 Å². The first-order valence-corrected chi connectivity index (χ1v) is 11.6. The molecule has 6 rings (SSSR count). The predicted octanol–water partition coefficient (Wildman–Crippen LogP) is 6.44. The summed E-state index contributed by atoms with van der Waals surface area (Å²) in [5.74, 6) is 1.68. The highest BCUT2D eigenvalue weighted by molar-refractivity contribution is 5.73. The third-order valence-electron chi connectivity index (χ3n) is 6.34. The molecule has 4 nitrogen and oxygen atoms in total. The molecule has 3 aromatic carbocycles. The first kappa shape index (κ1) is 20.3. The molecule has 4 heteroatoms. The quantitative estimate of drug-likeness (QED) is 0.323. The maximum atomic E-state index is 5.00. The monoisotopic (exact) mass is 440 g/mol. The maximum absolute atomic E-state index is 5.00. The highest BCUT2D eigenvalue weighted by Gasteiger charge is 2.19. The van der Waals surface area contributed by atoms with Crippen molar-refractivity contribution in [2.24, 2.45) is 0 Å². The summed E-state index contributed by atoms with van der Waals surface area (Å²) in [4.78, 5) is 16.9. The maximum Gasteiger partial charge on any atom is 0.162 e. The highest BCUT2D eigenvalue weighted by Crippen LogP contribution is 2.30. The summed E-state index contributed by atoms with van der Waals surface area (Å²) in [6, 6.07) is 33.5. The third kappa shape index (κ3) is 4.06. The van der Waals surface area contributed by atoms with Gasteiger partial charge in [-0.25, -0.2) is 9.97 Å². The van der Waals surface area contributed by atoms with Gasteiger partial charge in [-0.05, 0) is 29.2 Å². The van der Waals surface area contributed by atoms with Crippen molar-refractivity contribution in [3.8, 4) is 33.8 Å². The van der Waals surface area contributed by atoms with E-state index in [-0.39, 0.29) is 0 Å². The minimum absolute atomic E-state index is 0.733. The van der Waals surface area contributed by atoms with E-state index in [1.54, 1.807) is 0 Å². The lowest BCUT2D eigenvalue weighted by molar-refractivity contribution is 0.720. The number of anilines is 1. The van der Waals surface area contributed by atoms with Gasteiger partial charge >= 0.3 is 0 Å². The summed E-state index contributed by atoms with van der Waals surface area (Å²) < 4.78 is 0. The lowest BCUT2D eigenvalue weighted by atomic mass is 10.00. The van der Waals surface area contributed by atoms with Gasteiger partial charge in [0.2, 0.25) is 0 Å². The van der Waals surface area contributed by atoms with Crippen molar-refractivity contribution < 1.29 is 0 Å². The summed E-state index contributed by atoms with van der Waals surface area (Å²) in [6.45, 7) is 1.78. The number of hydrogen-bond donors (Lipinski definition) is 0. The summed E-state index contributed by atoms with van der Waals surface area (Å²) >= 11 is 0. The van der Waals surface area contributed by atoms with Crippen LogP contribution >= 0.6 is 0 Å². The van der Waals surface area contributed by atoms with Gasteiger partial charge in [0.25, 0.3) is 0 Å². The smallest absolute Gasteiger partial charge is 0.162 e. The largest absolute Gasteiger partial charge is 0.352 e. The number of nitrogens with zero attached hydrogens (tertiary/aromatic N) is 4. The van der Waals surface area contributed by atoms with Gasteiger partial charge in [-0.2, -0.15) is 0 Å². The molecule has 34 heavy (non-hydrogen) atoms. The number of rotatable bonds is 4. The van der Waals surface area contributed by atoms with Crippen LogP contribution in [0.15, 0.2) is 109 Å². The molecule has 1 aliphatic rings. The van der Waals surface area contributed by atoms with Crippen LogP contribution < -0.4 is 4.90 Å². The summed E-state index contributed by atoms with van der Waals surface area (Å²) in [5.41, 5.74) is 7.88. The van der Waals surface area contributed by atoms with Crippen LogP contribution in [0.25, 0.3) is 33.8 Å². The minimum atomic E-state index is 0.733. The second-order valence-corrected chi connectivity index (χ2v) is 8.57. The Morgan fingerprint density at radius 1 is 0.588 bits per heavy atom. The molecule has 5 aromatic rings. The van der Waals surface area contributed by atoms with Crippen LogP contribution in [0.1, 0.15) is 11.1 Å². The van der Waals surface area contributed by atoms with Crippen LogP contribution in [0.2, 0.25) is 0 Å². The van der Waals surface area contributed by atoms with E-state index >= 15 is 0 Å².